The maximum atomic E-state index is 11.0. The molecule has 0 rings (SSSR count). The lowest BCUT2D eigenvalue weighted by Crippen LogP contribution is -2.03. The molecule has 0 amide bonds. The van der Waals surface area contributed by atoms with Crippen LogP contribution < -0.4 is 0 Å². The van der Waals surface area contributed by atoms with Crippen molar-refractivity contribution < 1.29 is 4.79 Å². The molecule has 0 aromatic carbocycles. The predicted octanol–water partition coefficient (Wildman–Crippen LogP) is 8.89. The molecule has 0 aliphatic heterocycles. The molecule has 0 saturated carbocycles. The second-order valence-electron chi connectivity index (χ2n) is 10.1. The van der Waals surface area contributed by atoms with Gasteiger partial charge in [0.15, 0.2) is 0 Å². The van der Waals surface area contributed by atoms with Crippen LogP contribution in [0.15, 0.2) is 0 Å². The fourth-order valence-corrected chi connectivity index (χ4v) is 3.86. The molecule has 0 spiro atoms. The molecule has 0 heterocycles. The van der Waals surface area contributed by atoms with Gasteiger partial charge in [0, 0.05) is 6.42 Å². The van der Waals surface area contributed by atoms with Crippen LogP contribution in [0.5, 0.6) is 0 Å². The van der Waals surface area contributed by atoms with Crippen LogP contribution in [0.3, 0.4) is 0 Å². The number of rotatable bonds is 18. The second-order valence-corrected chi connectivity index (χ2v) is 10.1. The van der Waals surface area contributed by atoms with Crippen molar-refractivity contribution in [2.24, 2.45) is 11.3 Å². The smallest absolute Gasteiger partial charge is 0.130 e. The third-order valence-electron chi connectivity index (χ3n) is 5.51. The van der Waals surface area contributed by atoms with E-state index in [-0.39, 0.29) is 0 Å². The van der Waals surface area contributed by atoms with E-state index < -0.39 is 0 Å². The minimum absolute atomic E-state index is 0.345. The van der Waals surface area contributed by atoms with E-state index in [0.717, 1.165) is 6.42 Å². The summed E-state index contributed by atoms with van der Waals surface area (Å²) in [6.07, 6.45) is 23.3. The highest BCUT2D eigenvalue weighted by atomic mass is 16.1. The van der Waals surface area contributed by atoms with Crippen molar-refractivity contribution >= 4 is 5.78 Å². The first kappa shape index (κ1) is 25.7. The molecule has 0 aliphatic rings. The maximum absolute atomic E-state index is 11.0. The quantitative estimate of drug-likeness (QED) is 0.221. The van der Waals surface area contributed by atoms with E-state index in [1.165, 1.54) is 103 Å². The summed E-state index contributed by atoms with van der Waals surface area (Å²) in [5, 5.41) is 0. The Kier molecular flexibility index (Phi) is 16.6. The van der Waals surface area contributed by atoms with Gasteiger partial charge in [-0.1, -0.05) is 124 Å². The molecule has 0 radical (unpaired) electrons. The van der Waals surface area contributed by atoms with Crippen LogP contribution in [0.25, 0.3) is 0 Å². The van der Waals surface area contributed by atoms with Crippen LogP contribution in [0, 0.1) is 11.3 Å². The molecule has 156 valence electrons. The van der Waals surface area contributed by atoms with Gasteiger partial charge in [-0.3, -0.25) is 0 Å². The zero-order valence-corrected chi connectivity index (χ0v) is 19.0. The zero-order chi connectivity index (χ0) is 19.7. The van der Waals surface area contributed by atoms with Gasteiger partial charge < -0.3 is 4.79 Å². The highest BCUT2D eigenvalue weighted by Crippen LogP contribution is 2.22. The summed E-state index contributed by atoms with van der Waals surface area (Å²) in [4.78, 5) is 11.0. The molecule has 1 atom stereocenters. The first-order valence-electron chi connectivity index (χ1n) is 11.8. The van der Waals surface area contributed by atoms with Crippen LogP contribution in [0.2, 0.25) is 0 Å². The summed E-state index contributed by atoms with van der Waals surface area (Å²) < 4.78 is 0. The fraction of sp³-hybridized carbons (Fsp3) is 0.960. The molecule has 1 heteroatoms. The molecular weight excluding hydrogens is 316 g/mol. The predicted molar refractivity (Wildman–Crippen MR) is 118 cm³/mol. The van der Waals surface area contributed by atoms with E-state index in [1.54, 1.807) is 6.92 Å². The van der Waals surface area contributed by atoms with Crippen molar-refractivity contribution in [1.82, 2.24) is 0 Å². The van der Waals surface area contributed by atoms with Gasteiger partial charge in [0.05, 0.1) is 0 Å². The highest BCUT2D eigenvalue weighted by molar-refractivity contribution is 5.75. The number of hydrogen-bond donors (Lipinski definition) is 0. The van der Waals surface area contributed by atoms with Gasteiger partial charge in [0.2, 0.25) is 0 Å². The number of hydrogen-bond acceptors (Lipinski definition) is 1. The third kappa shape index (κ3) is 21.7. The van der Waals surface area contributed by atoms with Crippen molar-refractivity contribution in [3.05, 3.63) is 0 Å². The fourth-order valence-electron chi connectivity index (χ4n) is 3.86. The monoisotopic (exact) mass is 366 g/mol. The Hall–Kier alpha value is -0.330. The van der Waals surface area contributed by atoms with Crippen LogP contribution in [-0.2, 0) is 4.79 Å². The summed E-state index contributed by atoms with van der Waals surface area (Å²) in [5.74, 6) is 0.934. The molecular formula is C25H50O. The summed E-state index contributed by atoms with van der Waals surface area (Å²) in [7, 11) is 0. The van der Waals surface area contributed by atoms with Gasteiger partial charge in [0.25, 0.3) is 0 Å². The SMILES string of the molecule is CC(=O)C[C@H](C)CCCCCCCCCCCCCCCCC(C)(C)C. The largest absolute Gasteiger partial charge is 0.300 e. The molecule has 0 N–H and O–H groups in total. The first-order valence-corrected chi connectivity index (χ1v) is 11.8. The lowest BCUT2D eigenvalue weighted by atomic mass is 9.89. The molecule has 1 nitrogen and oxygen atoms in total. The van der Waals surface area contributed by atoms with Gasteiger partial charge >= 0.3 is 0 Å². The van der Waals surface area contributed by atoms with Gasteiger partial charge in [-0.2, -0.15) is 0 Å². The van der Waals surface area contributed by atoms with Crippen molar-refractivity contribution in [2.45, 2.75) is 144 Å². The van der Waals surface area contributed by atoms with Crippen LogP contribution in [0.4, 0.5) is 0 Å². The Labute approximate surface area is 166 Å². The van der Waals surface area contributed by atoms with Crippen molar-refractivity contribution in [2.75, 3.05) is 0 Å². The van der Waals surface area contributed by atoms with E-state index in [4.69, 9.17) is 0 Å². The molecule has 0 aromatic rings. The van der Waals surface area contributed by atoms with Crippen molar-refractivity contribution in [3.63, 3.8) is 0 Å². The zero-order valence-electron chi connectivity index (χ0n) is 19.0. The number of Topliss-reactive ketones (excluding diaryl/α,β-unsaturated/α-hetero) is 1. The average molecular weight is 367 g/mol. The molecule has 0 bridgehead atoms. The van der Waals surface area contributed by atoms with E-state index in [1.807, 2.05) is 0 Å². The van der Waals surface area contributed by atoms with Crippen LogP contribution in [0.1, 0.15) is 144 Å². The minimum Gasteiger partial charge on any atom is -0.300 e. The Bertz CT molecular complexity index is 313. The highest BCUT2D eigenvalue weighted by Gasteiger charge is 2.08. The molecule has 0 unspecified atom stereocenters. The lowest BCUT2D eigenvalue weighted by Gasteiger charge is -2.17. The second kappa shape index (κ2) is 16.8. The molecule has 0 aliphatic carbocycles. The summed E-state index contributed by atoms with van der Waals surface area (Å²) >= 11 is 0. The number of unbranched alkanes of at least 4 members (excludes halogenated alkanes) is 13. The number of carbonyl (C=O) groups is 1. The van der Waals surface area contributed by atoms with E-state index in [2.05, 4.69) is 27.7 Å². The third-order valence-corrected chi connectivity index (χ3v) is 5.51. The number of carbonyl (C=O) groups excluding carboxylic acids is 1. The van der Waals surface area contributed by atoms with Gasteiger partial charge in [-0.05, 0) is 24.7 Å². The summed E-state index contributed by atoms with van der Waals surface area (Å²) in [6.45, 7) is 11.0. The molecule has 0 aromatic heterocycles. The average Bonchev–Trinajstić information content (AvgIpc) is 2.52. The van der Waals surface area contributed by atoms with Gasteiger partial charge in [-0.15, -0.1) is 0 Å². The van der Waals surface area contributed by atoms with E-state index in [9.17, 15) is 4.79 Å². The molecule has 0 fully saturated rings. The minimum atomic E-state index is 0.345. The Morgan fingerprint density at radius 1 is 0.654 bits per heavy atom. The molecule has 0 saturated heterocycles. The standard InChI is InChI=1S/C25H50O/c1-23(22-24(2)26)20-18-16-14-12-10-8-6-7-9-11-13-15-17-19-21-25(3,4)5/h23H,6-22H2,1-5H3/t23-/m1/s1. The Balaban J connectivity index is 3.12. The van der Waals surface area contributed by atoms with Gasteiger partial charge in [-0.25, -0.2) is 0 Å². The summed E-state index contributed by atoms with van der Waals surface area (Å²) in [6, 6.07) is 0. The Morgan fingerprint density at radius 2 is 1.00 bits per heavy atom. The summed E-state index contributed by atoms with van der Waals surface area (Å²) in [5.41, 5.74) is 0.522. The normalized spacial score (nSPS) is 13.1. The Morgan fingerprint density at radius 3 is 1.35 bits per heavy atom. The van der Waals surface area contributed by atoms with Crippen LogP contribution in [-0.4, -0.2) is 5.78 Å². The lowest BCUT2D eigenvalue weighted by molar-refractivity contribution is -0.117. The molecule has 26 heavy (non-hydrogen) atoms. The van der Waals surface area contributed by atoms with Gasteiger partial charge in [0.1, 0.15) is 5.78 Å². The first-order chi connectivity index (χ1) is 12.3. The van der Waals surface area contributed by atoms with Crippen LogP contribution >= 0.6 is 0 Å². The topological polar surface area (TPSA) is 17.1 Å². The number of ketones is 1. The maximum Gasteiger partial charge on any atom is 0.130 e. The van der Waals surface area contributed by atoms with E-state index in [0.29, 0.717) is 17.1 Å². The van der Waals surface area contributed by atoms with E-state index >= 15 is 0 Å². The van der Waals surface area contributed by atoms with Crippen molar-refractivity contribution in [3.8, 4) is 0 Å². The van der Waals surface area contributed by atoms with Crippen molar-refractivity contribution in [1.29, 1.82) is 0 Å².